The molecule has 0 unspecified atom stereocenters. The van der Waals surface area contributed by atoms with Crippen LogP contribution in [0, 0.1) is 0 Å². The lowest BCUT2D eigenvalue weighted by Crippen LogP contribution is -2.35. The second-order valence-electron chi connectivity index (χ2n) is 8.81. The Bertz CT molecular complexity index is 1820. The number of sulfonamides is 2. The third kappa shape index (κ3) is 5.79. The quantitative estimate of drug-likeness (QED) is 0.285. The van der Waals surface area contributed by atoms with Crippen LogP contribution in [0.3, 0.4) is 0 Å². The van der Waals surface area contributed by atoms with Crippen LogP contribution in [-0.4, -0.2) is 48.9 Å². The van der Waals surface area contributed by atoms with E-state index in [-0.39, 0.29) is 34.5 Å². The average molecular weight is 592 g/mol. The first kappa shape index (κ1) is 27.9. The highest BCUT2D eigenvalue weighted by Crippen LogP contribution is 2.33. The molecule has 0 spiro atoms. The third-order valence-electron chi connectivity index (χ3n) is 6.23. The summed E-state index contributed by atoms with van der Waals surface area (Å²) < 4.78 is 68.1. The summed E-state index contributed by atoms with van der Waals surface area (Å²) in [6, 6.07) is 27.3. The van der Waals surface area contributed by atoms with Crippen LogP contribution in [0.15, 0.2) is 117 Å². The number of rotatable bonds is 9. The molecule has 1 aliphatic rings. The summed E-state index contributed by atoms with van der Waals surface area (Å²) in [6.07, 6.45) is 0. The van der Waals surface area contributed by atoms with Gasteiger partial charge in [0.05, 0.1) is 29.8 Å². The van der Waals surface area contributed by atoms with Crippen LogP contribution >= 0.6 is 0 Å². The summed E-state index contributed by atoms with van der Waals surface area (Å²) in [7, 11) is -6.53. The van der Waals surface area contributed by atoms with Crippen LogP contribution in [0.1, 0.15) is 15.9 Å². The molecule has 210 valence electrons. The van der Waals surface area contributed by atoms with Crippen molar-refractivity contribution in [3.05, 3.63) is 114 Å². The van der Waals surface area contributed by atoms with Gasteiger partial charge in [-0.15, -0.1) is 4.40 Å². The maximum Gasteiger partial charge on any atom is 0.338 e. The van der Waals surface area contributed by atoms with Gasteiger partial charge in [0.1, 0.15) is 17.3 Å². The Morgan fingerprint density at radius 3 is 2.27 bits per heavy atom. The molecule has 0 aromatic heterocycles. The van der Waals surface area contributed by atoms with E-state index in [1.165, 1.54) is 37.4 Å². The van der Waals surface area contributed by atoms with Gasteiger partial charge in [0, 0.05) is 11.3 Å². The van der Waals surface area contributed by atoms with Crippen LogP contribution in [-0.2, 0) is 24.8 Å². The minimum atomic E-state index is -4.15. The third-order valence-corrected chi connectivity index (χ3v) is 9.39. The van der Waals surface area contributed by atoms with Crippen LogP contribution in [0.25, 0.3) is 0 Å². The first-order valence-corrected chi connectivity index (χ1v) is 15.3. The van der Waals surface area contributed by atoms with Crippen molar-refractivity contribution in [2.24, 2.45) is 4.40 Å². The zero-order chi connectivity index (χ0) is 29.0. The maximum atomic E-state index is 13.9. The number of para-hydroxylation sites is 2. The molecule has 0 atom stereocenters. The molecule has 0 bridgehead atoms. The topological polar surface area (TPSA) is 131 Å². The summed E-state index contributed by atoms with van der Waals surface area (Å²) in [5.41, 5.74) is 1.49. The molecule has 4 aromatic rings. The molecule has 0 radical (unpaired) electrons. The van der Waals surface area contributed by atoms with Gasteiger partial charge in [0.25, 0.3) is 20.0 Å². The zero-order valence-electron chi connectivity index (χ0n) is 21.8. The highest BCUT2D eigenvalue weighted by molar-refractivity contribution is 7.92. The summed E-state index contributed by atoms with van der Waals surface area (Å²) >= 11 is 0. The van der Waals surface area contributed by atoms with E-state index in [1.807, 2.05) is 0 Å². The standard InChI is InChI=1S/C29H25N3O7S2/c1-38-26-13-7-6-12-25(26)32(19-20-39-29(33)21-9-3-2-4-10-21)41(36,37)23-17-15-22(16-18-23)30-28-24-11-5-8-14-27(24)40(34,35)31-28/h2-18H,19-20H2,1H3,(H,30,31). The van der Waals surface area contributed by atoms with Crippen molar-refractivity contribution in [3.8, 4) is 5.75 Å². The molecule has 0 amide bonds. The number of amidine groups is 1. The van der Waals surface area contributed by atoms with Crippen LogP contribution in [0.4, 0.5) is 11.4 Å². The lowest BCUT2D eigenvalue weighted by atomic mass is 10.2. The van der Waals surface area contributed by atoms with Crippen molar-refractivity contribution in [3.63, 3.8) is 0 Å². The molecule has 12 heteroatoms. The van der Waals surface area contributed by atoms with Gasteiger partial charge in [-0.25, -0.2) is 13.2 Å². The van der Waals surface area contributed by atoms with Crippen molar-refractivity contribution in [2.45, 2.75) is 9.79 Å². The Morgan fingerprint density at radius 2 is 1.54 bits per heavy atom. The molecular weight excluding hydrogens is 566 g/mol. The maximum absolute atomic E-state index is 13.9. The van der Waals surface area contributed by atoms with Gasteiger partial charge in [-0.1, -0.05) is 42.5 Å². The Labute approximate surface area is 238 Å². The monoisotopic (exact) mass is 591 g/mol. The summed E-state index contributed by atoms with van der Waals surface area (Å²) in [6.45, 7) is -0.384. The van der Waals surface area contributed by atoms with Crippen molar-refractivity contribution in [1.29, 1.82) is 0 Å². The predicted molar refractivity (Wildman–Crippen MR) is 154 cm³/mol. The highest BCUT2D eigenvalue weighted by atomic mass is 32.2. The number of esters is 1. The summed E-state index contributed by atoms with van der Waals surface area (Å²) in [5.74, 6) is -0.105. The zero-order valence-corrected chi connectivity index (χ0v) is 23.4. The Kier molecular flexibility index (Phi) is 7.77. The fourth-order valence-electron chi connectivity index (χ4n) is 4.25. The number of carbonyl (C=O) groups is 1. The molecule has 10 nitrogen and oxygen atoms in total. The number of nitrogens with zero attached hydrogens (tertiary/aromatic N) is 2. The van der Waals surface area contributed by atoms with E-state index < -0.39 is 26.0 Å². The Hall–Kier alpha value is -4.68. The van der Waals surface area contributed by atoms with E-state index >= 15 is 0 Å². The van der Waals surface area contributed by atoms with Gasteiger partial charge in [0.2, 0.25) is 0 Å². The highest BCUT2D eigenvalue weighted by Gasteiger charge is 2.30. The van der Waals surface area contributed by atoms with Gasteiger partial charge in [-0.05, 0) is 60.7 Å². The average Bonchev–Trinajstić information content (AvgIpc) is 3.25. The number of fused-ring (bicyclic) bond motifs is 1. The van der Waals surface area contributed by atoms with Crippen molar-refractivity contribution < 1.29 is 31.1 Å². The molecule has 4 aromatic carbocycles. The number of anilines is 2. The largest absolute Gasteiger partial charge is 0.495 e. The molecule has 0 aliphatic carbocycles. The van der Waals surface area contributed by atoms with E-state index in [4.69, 9.17) is 9.47 Å². The van der Waals surface area contributed by atoms with Crippen molar-refractivity contribution in [1.82, 2.24) is 0 Å². The lowest BCUT2D eigenvalue weighted by molar-refractivity contribution is 0.0517. The van der Waals surface area contributed by atoms with Crippen molar-refractivity contribution in [2.75, 3.05) is 29.9 Å². The Morgan fingerprint density at radius 1 is 0.878 bits per heavy atom. The SMILES string of the molecule is COc1ccccc1N(CCOC(=O)c1ccccc1)S(=O)(=O)c1ccc(NC2=NS(=O)(=O)c3ccccc32)cc1. The number of benzene rings is 4. The molecule has 0 saturated heterocycles. The van der Waals surface area contributed by atoms with E-state index in [1.54, 1.807) is 72.8 Å². The number of hydrogen-bond acceptors (Lipinski definition) is 8. The molecule has 41 heavy (non-hydrogen) atoms. The number of hydrogen-bond donors (Lipinski definition) is 1. The van der Waals surface area contributed by atoms with Gasteiger partial charge in [0.15, 0.2) is 5.84 Å². The fraction of sp³-hybridized carbons (Fsp3) is 0.103. The number of nitrogens with one attached hydrogen (secondary N) is 1. The first-order valence-electron chi connectivity index (χ1n) is 12.4. The predicted octanol–water partition coefficient (Wildman–Crippen LogP) is 4.31. The second-order valence-corrected chi connectivity index (χ2v) is 12.2. The number of methoxy groups -OCH3 is 1. The molecule has 1 aliphatic heterocycles. The van der Waals surface area contributed by atoms with Gasteiger partial charge >= 0.3 is 5.97 Å². The minimum absolute atomic E-state index is 0.0373. The second kappa shape index (κ2) is 11.4. The molecule has 1 N–H and O–H groups in total. The molecule has 5 rings (SSSR count). The molecule has 0 saturated carbocycles. The normalized spacial score (nSPS) is 13.5. The van der Waals surface area contributed by atoms with Crippen LogP contribution in [0.5, 0.6) is 5.75 Å². The van der Waals surface area contributed by atoms with Crippen molar-refractivity contribution >= 4 is 43.2 Å². The summed E-state index contributed by atoms with van der Waals surface area (Å²) in [5, 5.41) is 2.96. The van der Waals surface area contributed by atoms with Crippen LogP contribution in [0.2, 0.25) is 0 Å². The molecular formula is C29H25N3O7S2. The van der Waals surface area contributed by atoms with Crippen LogP contribution < -0.4 is 14.4 Å². The van der Waals surface area contributed by atoms with E-state index in [0.717, 1.165) is 4.31 Å². The minimum Gasteiger partial charge on any atom is -0.495 e. The molecule has 0 fully saturated rings. The van der Waals surface area contributed by atoms with E-state index in [2.05, 4.69) is 9.71 Å². The first-order chi connectivity index (χ1) is 19.7. The fourth-order valence-corrected chi connectivity index (χ4v) is 6.89. The molecule has 1 heterocycles. The lowest BCUT2D eigenvalue weighted by Gasteiger charge is -2.26. The smallest absolute Gasteiger partial charge is 0.338 e. The van der Waals surface area contributed by atoms with Gasteiger partial charge in [-0.3, -0.25) is 4.31 Å². The van der Waals surface area contributed by atoms with Gasteiger partial charge < -0.3 is 14.8 Å². The van der Waals surface area contributed by atoms with E-state index in [9.17, 15) is 21.6 Å². The van der Waals surface area contributed by atoms with E-state index in [0.29, 0.717) is 22.6 Å². The number of carbonyl (C=O) groups excluding carboxylic acids is 1. The Balaban J connectivity index is 1.39. The van der Waals surface area contributed by atoms with Gasteiger partial charge in [-0.2, -0.15) is 8.42 Å². The summed E-state index contributed by atoms with van der Waals surface area (Å²) in [4.78, 5) is 12.5. The number of ether oxygens (including phenoxy) is 2.